The first-order valence-electron chi connectivity index (χ1n) is 8.31. The Bertz CT molecular complexity index is 938. The summed E-state index contributed by atoms with van der Waals surface area (Å²) in [5.41, 5.74) is 0.336. The number of nitrogens with zero attached hydrogens (tertiary/aromatic N) is 1. The molecule has 2 aromatic rings. The number of carbonyl (C=O) groups excluding carboxylic acids is 3. The minimum Gasteiger partial charge on any atom is -0.455 e. The van der Waals surface area contributed by atoms with Gasteiger partial charge < -0.3 is 15.0 Å². The second kappa shape index (κ2) is 8.35. The van der Waals surface area contributed by atoms with E-state index in [1.165, 1.54) is 35.2 Å². The Hall–Kier alpha value is -3.00. The number of nitrogens with one attached hydrogen (secondary N) is 1. The molecule has 0 aliphatic carbocycles. The standard InChI is InChI=1S/C19H15ClF2N2O4/c20-13-8-12(5-6-14(13)21)23-17(25)10-28-19(27)11-7-18(26)24(9-11)16-4-2-1-3-15(16)22/h1-6,8,11H,7,9-10H2,(H,23,25)/t11-/m0/s1. The average Bonchev–Trinajstić information content (AvgIpc) is 3.05. The fourth-order valence-corrected chi connectivity index (χ4v) is 2.97. The van der Waals surface area contributed by atoms with Gasteiger partial charge in [-0.2, -0.15) is 0 Å². The zero-order valence-corrected chi connectivity index (χ0v) is 15.2. The van der Waals surface area contributed by atoms with E-state index in [1.807, 2.05) is 0 Å². The van der Waals surface area contributed by atoms with Gasteiger partial charge in [-0.25, -0.2) is 8.78 Å². The monoisotopic (exact) mass is 408 g/mol. The largest absolute Gasteiger partial charge is 0.455 e. The molecule has 0 bridgehead atoms. The second-order valence-corrected chi connectivity index (χ2v) is 6.55. The molecule has 0 unspecified atom stereocenters. The van der Waals surface area contributed by atoms with Crippen LogP contribution in [0.25, 0.3) is 0 Å². The lowest BCUT2D eigenvalue weighted by Crippen LogP contribution is -2.28. The lowest BCUT2D eigenvalue weighted by Gasteiger charge is -2.17. The molecule has 0 aromatic heterocycles. The Morgan fingerprint density at radius 3 is 2.64 bits per heavy atom. The van der Waals surface area contributed by atoms with Crippen molar-refractivity contribution in [3.05, 3.63) is 59.1 Å². The van der Waals surface area contributed by atoms with Gasteiger partial charge in [0.05, 0.1) is 16.6 Å². The third kappa shape index (κ3) is 4.45. The molecule has 0 saturated carbocycles. The molecule has 0 radical (unpaired) electrons. The first-order chi connectivity index (χ1) is 13.3. The van der Waals surface area contributed by atoms with Crippen LogP contribution in [0, 0.1) is 17.6 Å². The summed E-state index contributed by atoms with van der Waals surface area (Å²) in [4.78, 5) is 37.3. The highest BCUT2D eigenvalue weighted by atomic mass is 35.5. The van der Waals surface area contributed by atoms with Gasteiger partial charge in [0, 0.05) is 18.7 Å². The molecule has 6 nitrogen and oxygen atoms in total. The second-order valence-electron chi connectivity index (χ2n) is 6.14. The number of hydrogen-bond acceptors (Lipinski definition) is 4. The molecule has 2 aromatic carbocycles. The molecule has 1 saturated heterocycles. The fraction of sp³-hybridized carbons (Fsp3) is 0.211. The van der Waals surface area contributed by atoms with E-state index in [9.17, 15) is 23.2 Å². The molecule has 1 aliphatic rings. The molecule has 28 heavy (non-hydrogen) atoms. The number of anilines is 2. The fourth-order valence-electron chi connectivity index (χ4n) is 2.79. The Morgan fingerprint density at radius 1 is 1.18 bits per heavy atom. The minimum atomic E-state index is -0.805. The molecule has 9 heteroatoms. The van der Waals surface area contributed by atoms with Crippen LogP contribution < -0.4 is 10.2 Å². The van der Waals surface area contributed by atoms with Gasteiger partial charge in [-0.05, 0) is 30.3 Å². The van der Waals surface area contributed by atoms with Crippen LogP contribution in [-0.4, -0.2) is 30.9 Å². The highest BCUT2D eigenvalue weighted by Crippen LogP contribution is 2.28. The number of carbonyl (C=O) groups is 3. The van der Waals surface area contributed by atoms with E-state index < -0.39 is 41.9 Å². The van der Waals surface area contributed by atoms with Crippen molar-refractivity contribution in [1.29, 1.82) is 0 Å². The van der Waals surface area contributed by atoms with E-state index in [0.717, 1.165) is 6.07 Å². The number of rotatable bonds is 5. The minimum absolute atomic E-state index is 0.0339. The lowest BCUT2D eigenvalue weighted by atomic mass is 10.1. The number of amides is 2. The smallest absolute Gasteiger partial charge is 0.311 e. The van der Waals surface area contributed by atoms with E-state index in [0.29, 0.717) is 0 Å². The van der Waals surface area contributed by atoms with Crippen LogP contribution in [-0.2, 0) is 19.1 Å². The predicted octanol–water partition coefficient (Wildman–Crippen LogP) is 3.15. The Labute approximate surface area is 164 Å². The summed E-state index contributed by atoms with van der Waals surface area (Å²) in [6.45, 7) is -0.619. The predicted molar refractivity (Wildman–Crippen MR) is 97.9 cm³/mol. The number of hydrogen-bond donors (Lipinski definition) is 1. The molecule has 3 rings (SSSR count). The van der Waals surface area contributed by atoms with Crippen molar-refractivity contribution in [2.75, 3.05) is 23.4 Å². The van der Waals surface area contributed by atoms with Crippen molar-refractivity contribution in [2.45, 2.75) is 6.42 Å². The van der Waals surface area contributed by atoms with Gasteiger partial charge in [-0.3, -0.25) is 14.4 Å². The van der Waals surface area contributed by atoms with Crippen molar-refractivity contribution >= 4 is 40.8 Å². The molecule has 1 heterocycles. The first kappa shape index (κ1) is 19.8. The molecule has 1 aliphatic heterocycles. The third-order valence-electron chi connectivity index (χ3n) is 4.15. The number of ether oxygens (including phenoxy) is 1. The topological polar surface area (TPSA) is 75.7 Å². The highest BCUT2D eigenvalue weighted by molar-refractivity contribution is 6.31. The first-order valence-corrected chi connectivity index (χ1v) is 8.69. The maximum Gasteiger partial charge on any atom is 0.311 e. The maximum atomic E-state index is 13.9. The zero-order valence-electron chi connectivity index (χ0n) is 14.5. The summed E-state index contributed by atoms with van der Waals surface area (Å²) in [6, 6.07) is 9.37. The number of esters is 1. The van der Waals surface area contributed by atoms with Crippen molar-refractivity contribution in [3.63, 3.8) is 0 Å². The van der Waals surface area contributed by atoms with Crippen LogP contribution in [0.2, 0.25) is 5.02 Å². The number of para-hydroxylation sites is 1. The Morgan fingerprint density at radius 2 is 1.93 bits per heavy atom. The quantitative estimate of drug-likeness (QED) is 0.771. The summed E-state index contributed by atoms with van der Waals surface area (Å²) in [5.74, 6) is -3.79. The van der Waals surface area contributed by atoms with Crippen LogP contribution in [0.5, 0.6) is 0 Å². The van der Waals surface area contributed by atoms with E-state index in [4.69, 9.17) is 16.3 Å². The van der Waals surface area contributed by atoms with Crippen molar-refractivity contribution < 1.29 is 27.9 Å². The molecule has 1 N–H and O–H groups in total. The van der Waals surface area contributed by atoms with Crippen molar-refractivity contribution in [1.82, 2.24) is 0 Å². The SMILES string of the molecule is O=C(COC(=O)[C@H]1CC(=O)N(c2ccccc2F)C1)Nc1ccc(F)c(Cl)c1. The zero-order chi connectivity index (χ0) is 20.3. The Balaban J connectivity index is 1.54. The summed E-state index contributed by atoms with van der Waals surface area (Å²) in [6.07, 6.45) is -0.137. The van der Waals surface area contributed by atoms with E-state index >= 15 is 0 Å². The molecular weight excluding hydrogens is 394 g/mol. The Kier molecular flexibility index (Phi) is 5.89. The van der Waals surface area contributed by atoms with E-state index in [1.54, 1.807) is 6.07 Å². The van der Waals surface area contributed by atoms with Gasteiger partial charge in [-0.1, -0.05) is 23.7 Å². The number of halogens is 3. The maximum absolute atomic E-state index is 13.9. The molecule has 146 valence electrons. The molecule has 0 spiro atoms. The summed E-state index contributed by atoms with van der Waals surface area (Å²) in [5, 5.41) is 2.25. The van der Waals surface area contributed by atoms with Gasteiger partial charge in [0.1, 0.15) is 11.6 Å². The van der Waals surface area contributed by atoms with Crippen LogP contribution in [0.3, 0.4) is 0 Å². The average molecular weight is 409 g/mol. The van der Waals surface area contributed by atoms with Gasteiger partial charge in [0.2, 0.25) is 5.91 Å². The highest BCUT2D eigenvalue weighted by Gasteiger charge is 2.37. The summed E-state index contributed by atoms with van der Waals surface area (Å²) >= 11 is 5.62. The van der Waals surface area contributed by atoms with Gasteiger partial charge in [0.15, 0.2) is 6.61 Å². The van der Waals surface area contributed by atoms with Gasteiger partial charge in [0.25, 0.3) is 5.91 Å². The van der Waals surface area contributed by atoms with Crippen LogP contribution in [0.1, 0.15) is 6.42 Å². The van der Waals surface area contributed by atoms with Gasteiger partial charge in [-0.15, -0.1) is 0 Å². The van der Waals surface area contributed by atoms with E-state index in [-0.39, 0.29) is 29.4 Å². The summed E-state index contributed by atoms with van der Waals surface area (Å²) in [7, 11) is 0. The van der Waals surface area contributed by atoms with Crippen molar-refractivity contribution in [2.24, 2.45) is 5.92 Å². The van der Waals surface area contributed by atoms with Crippen molar-refractivity contribution in [3.8, 4) is 0 Å². The third-order valence-corrected chi connectivity index (χ3v) is 4.44. The van der Waals surface area contributed by atoms with Gasteiger partial charge >= 0.3 is 5.97 Å². The van der Waals surface area contributed by atoms with E-state index in [2.05, 4.69) is 5.32 Å². The molecular formula is C19H15ClF2N2O4. The molecule has 2 amide bonds. The molecule has 1 atom stereocenters. The molecule has 1 fully saturated rings. The van der Waals surface area contributed by atoms with Crippen LogP contribution in [0.4, 0.5) is 20.2 Å². The number of benzene rings is 2. The lowest BCUT2D eigenvalue weighted by molar-refractivity contribution is -0.151. The van der Waals surface area contributed by atoms with Crippen LogP contribution in [0.15, 0.2) is 42.5 Å². The van der Waals surface area contributed by atoms with Crippen LogP contribution >= 0.6 is 11.6 Å². The normalized spacial score (nSPS) is 16.2. The summed E-state index contributed by atoms with van der Waals surface area (Å²) < 4.78 is 31.9.